The van der Waals surface area contributed by atoms with Crippen molar-refractivity contribution in [2.45, 2.75) is 50.6 Å². The number of rotatable bonds is 10. The van der Waals surface area contributed by atoms with Crippen molar-refractivity contribution in [3.8, 4) is 0 Å². The fourth-order valence-electron chi connectivity index (χ4n) is 3.88. The molecule has 1 aliphatic rings. The van der Waals surface area contributed by atoms with Crippen molar-refractivity contribution in [1.82, 2.24) is 14.5 Å². The molecule has 0 unspecified atom stereocenters. The highest BCUT2D eigenvalue weighted by Crippen LogP contribution is 2.31. The summed E-state index contributed by atoms with van der Waals surface area (Å²) in [6.45, 7) is 3.29. The van der Waals surface area contributed by atoms with Gasteiger partial charge in [-0.2, -0.15) is 0 Å². The molecule has 35 heavy (non-hydrogen) atoms. The van der Waals surface area contributed by atoms with Crippen LogP contribution in [0.4, 0.5) is 0 Å². The van der Waals surface area contributed by atoms with Gasteiger partial charge in [-0.05, 0) is 37.1 Å². The number of benzene rings is 2. The van der Waals surface area contributed by atoms with E-state index < -0.39 is 34.4 Å². The van der Waals surface area contributed by atoms with Crippen LogP contribution >= 0.6 is 23.2 Å². The van der Waals surface area contributed by atoms with Gasteiger partial charge in [0.2, 0.25) is 11.8 Å². The van der Waals surface area contributed by atoms with E-state index in [2.05, 4.69) is 5.32 Å². The molecule has 0 radical (unpaired) electrons. The topological polar surface area (TPSA) is 104 Å². The van der Waals surface area contributed by atoms with Crippen LogP contribution < -0.4 is 5.32 Å². The van der Waals surface area contributed by atoms with E-state index in [0.717, 1.165) is 12.8 Å². The lowest BCUT2D eigenvalue weighted by Gasteiger charge is -2.32. The first kappa shape index (κ1) is 27.0. The number of carbonyl (C=O) groups excluding carboxylic acids is 3. The lowest BCUT2D eigenvalue weighted by atomic mass is 10.1. The van der Waals surface area contributed by atoms with Crippen LogP contribution in [0.1, 0.15) is 49.0 Å². The molecular weight excluding hydrogens is 513 g/mol. The minimum atomic E-state index is -4.20. The van der Waals surface area contributed by atoms with Crippen LogP contribution in [-0.2, 0) is 26.2 Å². The molecule has 11 heteroatoms. The molecule has 2 aromatic rings. The zero-order chi connectivity index (χ0) is 25.8. The zero-order valence-electron chi connectivity index (χ0n) is 19.5. The molecule has 3 rings (SSSR count). The number of halogens is 2. The van der Waals surface area contributed by atoms with E-state index in [9.17, 15) is 22.8 Å². The number of hydrogen-bond donors (Lipinski definition) is 1. The van der Waals surface area contributed by atoms with E-state index in [1.54, 1.807) is 31.2 Å². The molecule has 0 saturated heterocycles. The SMILES string of the molecule is CCCCNC(=O)[C@H](CC)N(Cc1c(Cl)cccc1Cl)C(=O)CN1C(=O)c2ccccc2S1(=O)=O. The van der Waals surface area contributed by atoms with Crippen molar-refractivity contribution in [3.05, 3.63) is 63.6 Å². The quantitative estimate of drug-likeness (QED) is 0.461. The summed E-state index contributed by atoms with van der Waals surface area (Å²) in [7, 11) is -4.20. The van der Waals surface area contributed by atoms with Crippen LogP contribution in [0.25, 0.3) is 0 Å². The highest BCUT2D eigenvalue weighted by Gasteiger charge is 2.43. The highest BCUT2D eigenvalue weighted by molar-refractivity contribution is 7.90. The van der Waals surface area contributed by atoms with E-state index in [-0.39, 0.29) is 29.3 Å². The van der Waals surface area contributed by atoms with Gasteiger partial charge in [-0.25, -0.2) is 12.7 Å². The number of unbranched alkanes of at least 4 members (excludes halogenated alkanes) is 1. The third-order valence-corrected chi connectivity index (χ3v) is 8.29. The molecule has 1 heterocycles. The molecule has 3 amide bonds. The Morgan fingerprint density at radius 2 is 1.71 bits per heavy atom. The smallest absolute Gasteiger partial charge is 0.269 e. The number of nitrogens with zero attached hydrogens (tertiary/aromatic N) is 2. The van der Waals surface area contributed by atoms with Crippen molar-refractivity contribution >= 4 is 50.9 Å². The van der Waals surface area contributed by atoms with Crippen LogP contribution in [0, 0.1) is 0 Å². The second-order valence-corrected chi connectivity index (χ2v) is 10.7. The van der Waals surface area contributed by atoms with Crippen LogP contribution in [0.3, 0.4) is 0 Å². The van der Waals surface area contributed by atoms with Crippen molar-refractivity contribution in [3.63, 3.8) is 0 Å². The van der Waals surface area contributed by atoms with Crippen LogP contribution in [0.15, 0.2) is 47.4 Å². The van der Waals surface area contributed by atoms with Gasteiger partial charge in [0.15, 0.2) is 0 Å². The van der Waals surface area contributed by atoms with Crippen molar-refractivity contribution in [1.29, 1.82) is 0 Å². The maximum atomic E-state index is 13.5. The number of nitrogens with one attached hydrogen (secondary N) is 1. The highest BCUT2D eigenvalue weighted by atomic mass is 35.5. The zero-order valence-corrected chi connectivity index (χ0v) is 21.8. The van der Waals surface area contributed by atoms with Gasteiger partial charge >= 0.3 is 0 Å². The van der Waals surface area contributed by atoms with Crippen molar-refractivity contribution in [2.24, 2.45) is 0 Å². The molecule has 8 nitrogen and oxygen atoms in total. The summed E-state index contributed by atoms with van der Waals surface area (Å²) in [6, 6.07) is 9.74. The lowest BCUT2D eigenvalue weighted by Crippen LogP contribution is -2.52. The van der Waals surface area contributed by atoms with Crippen LogP contribution in [0.5, 0.6) is 0 Å². The Hall–Kier alpha value is -2.62. The molecular formula is C24H27Cl2N3O5S. The molecule has 1 aliphatic heterocycles. The van der Waals surface area contributed by atoms with Gasteiger partial charge < -0.3 is 10.2 Å². The number of amides is 3. The lowest BCUT2D eigenvalue weighted by molar-refractivity contribution is -0.141. The Morgan fingerprint density at radius 3 is 2.31 bits per heavy atom. The average Bonchev–Trinajstić information content (AvgIpc) is 3.01. The van der Waals surface area contributed by atoms with Gasteiger partial charge in [-0.3, -0.25) is 14.4 Å². The van der Waals surface area contributed by atoms with E-state index in [1.807, 2.05) is 6.92 Å². The molecule has 0 bridgehead atoms. The Labute approximate surface area is 215 Å². The molecule has 1 N–H and O–H groups in total. The summed E-state index contributed by atoms with van der Waals surface area (Å²) in [6.07, 6.45) is 1.91. The second kappa shape index (κ2) is 11.4. The Balaban J connectivity index is 1.94. The Kier molecular flexibility index (Phi) is 8.79. The fourth-order valence-corrected chi connectivity index (χ4v) is 5.92. The summed E-state index contributed by atoms with van der Waals surface area (Å²) in [5.74, 6) is -1.88. The van der Waals surface area contributed by atoms with E-state index in [0.29, 0.717) is 26.5 Å². The minimum Gasteiger partial charge on any atom is -0.354 e. The molecule has 0 spiro atoms. The van der Waals surface area contributed by atoms with Crippen LogP contribution in [-0.4, -0.2) is 54.5 Å². The summed E-state index contributed by atoms with van der Waals surface area (Å²) < 4.78 is 26.5. The molecule has 0 saturated carbocycles. The molecule has 1 atom stereocenters. The Bertz CT molecular complexity index is 1220. The minimum absolute atomic E-state index is 0.00495. The van der Waals surface area contributed by atoms with Crippen molar-refractivity contribution in [2.75, 3.05) is 13.1 Å². The first-order valence-corrected chi connectivity index (χ1v) is 13.5. The maximum absolute atomic E-state index is 13.5. The Morgan fingerprint density at radius 1 is 1.06 bits per heavy atom. The molecule has 188 valence electrons. The standard InChI is InChI=1S/C24H27Cl2N3O5S/c1-3-5-13-27-23(31)20(4-2)28(14-17-18(25)10-8-11-19(17)26)22(30)15-29-24(32)16-9-6-7-12-21(16)35(29,33)34/h6-12,20H,3-5,13-15H2,1-2H3,(H,27,31)/t20-/m0/s1. The predicted octanol–water partition coefficient (Wildman–Crippen LogP) is 3.86. The monoisotopic (exact) mass is 539 g/mol. The van der Waals surface area contributed by atoms with Gasteiger partial charge in [-0.1, -0.05) is 61.7 Å². The van der Waals surface area contributed by atoms with E-state index in [4.69, 9.17) is 23.2 Å². The van der Waals surface area contributed by atoms with E-state index in [1.165, 1.54) is 23.1 Å². The third-order valence-electron chi connectivity index (χ3n) is 5.80. The third kappa shape index (κ3) is 5.63. The fraction of sp³-hybridized carbons (Fsp3) is 0.375. The first-order valence-electron chi connectivity index (χ1n) is 11.3. The number of carbonyl (C=O) groups is 3. The van der Waals surface area contributed by atoms with Gasteiger partial charge in [0.25, 0.3) is 15.9 Å². The summed E-state index contributed by atoms with van der Waals surface area (Å²) in [5, 5.41) is 3.42. The van der Waals surface area contributed by atoms with Gasteiger partial charge in [0, 0.05) is 28.7 Å². The van der Waals surface area contributed by atoms with Gasteiger partial charge in [0.05, 0.1) is 5.56 Å². The molecule has 0 fully saturated rings. The molecule has 0 aromatic heterocycles. The number of sulfonamides is 1. The van der Waals surface area contributed by atoms with Crippen molar-refractivity contribution < 1.29 is 22.8 Å². The number of fused-ring (bicyclic) bond motifs is 1. The summed E-state index contributed by atoms with van der Waals surface area (Å²) >= 11 is 12.6. The largest absolute Gasteiger partial charge is 0.354 e. The second-order valence-electron chi connectivity index (χ2n) is 8.10. The summed E-state index contributed by atoms with van der Waals surface area (Å²) in [4.78, 5) is 40.5. The normalized spacial score (nSPS) is 15.0. The molecule has 0 aliphatic carbocycles. The van der Waals surface area contributed by atoms with E-state index >= 15 is 0 Å². The van der Waals surface area contributed by atoms with Gasteiger partial charge in [0.1, 0.15) is 17.5 Å². The average molecular weight is 540 g/mol. The first-order chi connectivity index (χ1) is 16.6. The van der Waals surface area contributed by atoms with Crippen LogP contribution in [0.2, 0.25) is 10.0 Å². The number of hydrogen-bond acceptors (Lipinski definition) is 5. The summed E-state index contributed by atoms with van der Waals surface area (Å²) in [5.41, 5.74) is 0.424. The maximum Gasteiger partial charge on any atom is 0.269 e. The predicted molar refractivity (Wildman–Crippen MR) is 134 cm³/mol. The molecule has 2 aromatic carbocycles. The van der Waals surface area contributed by atoms with Gasteiger partial charge in [-0.15, -0.1) is 0 Å².